The van der Waals surface area contributed by atoms with E-state index in [1.807, 2.05) is 16.8 Å². The highest BCUT2D eigenvalue weighted by atomic mass is 32.2. The summed E-state index contributed by atoms with van der Waals surface area (Å²) >= 11 is 2.46. The van der Waals surface area contributed by atoms with Crippen LogP contribution in [-0.4, -0.2) is 34.0 Å². The minimum absolute atomic E-state index is 0.00433. The highest BCUT2D eigenvalue weighted by Crippen LogP contribution is 2.39. The number of rotatable bonds is 3. The van der Waals surface area contributed by atoms with Crippen molar-refractivity contribution in [2.75, 3.05) is 12.8 Å². The smallest absolute Gasteiger partial charge is 0.242 e. The summed E-state index contributed by atoms with van der Waals surface area (Å²) in [7, 11) is 1.42. The van der Waals surface area contributed by atoms with Crippen molar-refractivity contribution in [1.82, 2.24) is 9.88 Å². The van der Waals surface area contributed by atoms with Crippen LogP contribution in [0.1, 0.15) is 17.5 Å². The minimum Gasteiger partial charge on any atom is -0.383 e. The van der Waals surface area contributed by atoms with Crippen molar-refractivity contribution in [3.63, 3.8) is 0 Å². The first-order valence-electron chi connectivity index (χ1n) is 7.11. The zero-order chi connectivity index (χ0) is 18.1. The molecule has 7 nitrogen and oxygen atoms in total. The zero-order valence-corrected chi connectivity index (χ0v) is 14.6. The van der Waals surface area contributed by atoms with Crippen LogP contribution in [-0.2, 0) is 9.59 Å². The number of nitrogens with two attached hydrogens (primary N) is 1. The van der Waals surface area contributed by atoms with Crippen molar-refractivity contribution >= 4 is 40.7 Å². The minimum atomic E-state index is -0.653. The number of amides is 2. The maximum absolute atomic E-state index is 12.1. The number of thiophene rings is 1. The molecular weight excluding hydrogens is 358 g/mol. The van der Waals surface area contributed by atoms with Gasteiger partial charge in [0.05, 0.1) is 10.8 Å². The highest BCUT2D eigenvalue weighted by Gasteiger charge is 2.38. The Balaban J connectivity index is 2.13. The van der Waals surface area contributed by atoms with Gasteiger partial charge in [0.2, 0.25) is 11.8 Å². The third kappa shape index (κ3) is 2.84. The van der Waals surface area contributed by atoms with Gasteiger partial charge in [0.1, 0.15) is 28.5 Å². The van der Waals surface area contributed by atoms with Gasteiger partial charge in [-0.2, -0.15) is 21.9 Å². The van der Waals surface area contributed by atoms with Gasteiger partial charge >= 0.3 is 0 Å². The number of carbonyl (C=O) groups excluding carboxylic acids is 2. The fraction of sp³-hybridized carbons (Fsp3) is 0.188. The van der Waals surface area contributed by atoms with Crippen molar-refractivity contribution in [2.45, 2.75) is 16.7 Å². The molecule has 25 heavy (non-hydrogen) atoms. The molecule has 1 fully saturated rings. The van der Waals surface area contributed by atoms with Gasteiger partial charge in [0.25, 0.3) is 0 Å². The van der Waals surface area contributed by atoms with E-state index in [1.165, 1.54) is 18.4 Å². The SMILES string of the molecule is CN1C(=O)CC(Sc2nc(N)c(C#N)c(-c3ccsc3)c2C#N)C1=O. The molecule has 0 aromatic carbocycles. The lowest BCUT2D eigenvalue weighted by molar-refractivity contribution is -0.136. The number of pyridine rings is 1. The number of likely N-dealkylation sites (tertiary alicyclic amines) is 1. The fourth-order valence-corrected chi connectivity index (χ4v) is 4.35. The lowest BCUT2D eigenvalue weighted by Gasteiger charge is -2.13. The Morgan fingerprint density at radius 3 is 2.60 bits per heavy atom. The van der Waals surface area contributed by atoms with E-state index in [4.69, 9.17) is 5.73 Å². The lowest BCUT2D eigenvalue weighted by Crippen LogP contribution is -2.26. The van der Waals surface area contributed by atoms with E-state index in [1.54, 1.807) is 6.07 Å². The Hall–Kier alpha value is -2.88. The summed E-state index contributed by atoms with van der Waals surface area (Å²) in [6.07, 6.45) is 0.0419. The number of hydrogen-bond donors (Lipinski definition) is 1. The number of nitriles is 2. The summed E-state index contributed by atoms with van der Waals surface area (Å²) < 4.78 is 0. The Kier molecular flexibility index (Phi) is 4.45. The van der Waals surface area contributed by atoms with Crippen LogP contribution in [0.2, 0.25) is 0 Å². The molecule has 1 unspecified atom stereocenters. The van der Waals surface area contributed by atoms with Crippen LogP contribution in [0.4, 0.5) is 5.82 Å². The standard InChI is InChI=1S/C16H11N5O2S2/c1-21-12(22)4-11(16(21)23)25-15-10(6-18)13(8-2-3-24-7-8)9(5-17)14(19)20-15/h2-3,7,11H,4H2,1H3,(H2,19,20). The summed E-state index contributed by atoms with van der Waals surface area (Å²) in [5.41, 5.74) is 7.33. The van der Waals surface area contributed by atoms with Crippen molar-refractivity contribution < 1.29 is 9.59 Å². The van der Waals surface area contributed by atoms with Crippen LogP contribution < -0.4 is 5.73 Å². The Morgan fingerprint density at radius 1 is 1.36 bits per heavy atom. The molecule has 2 N–H and O–H groups in total. The van der Waals surface area contributed by atoms with Gasteiger partial charge in [-0.25, -0.2) is 4.98 Å². The van der Waals surface area contributed by atoms with Crippen LogP contribution in [0.5, 0.6) is 0 Å². The first-order chi connectivity index (χ1) is 12.0. The Morgan fingerprint density at radius 2 is 2.08 bits per heavy atom. The van der Waals surface area contributed by atoms with E-state index in [-0.39, 0.29) is 40.2 Å². The summed E-state index contributed by atoms with van der Waals surface area (Å²) in [5.74, 6) is -0.614. The van der Waals surface area contributed by atoms with Gasteiger partial charge in [-0.3, -0.25) is 14.5 Å². The molecule has 1 atom stereocenters. The molecule has 2 aromatic rings. The van der Waals surface area contributed by atoms with Crippen molar-refractivity contribution in [2.24, 2.45) is 0 Å². The van der Waals surface area contributed by atoms with Crippen LogP contribution in [0.3, 0.4) is 0 Å². The van der Waals surface area contributed by atoms with E-state index in [9.17, 15) is 20.1 Å². The molecule has 3 heterocycles. The molecule has 9 heteroatoms. The second kappa shape index (κ2) is 6.55. The van der Waals surface area contributed by atoms with Crippen molar-refractivity contribution in [3.05, 3.63) is 28.0 Å². The Bertz CT molecular complexity index is 956. The van der Waals surface area contributed by atoms with E-state index < -0.39 is 5.25 Å². The molecule has 3 rings (SSSR count). The summed E-state index contributed by atoms with van der Waals surface area (Å²) in [6.45, 7) is 0. The van der Waals surface area contributed by atoms with Crippen LogP contribution in [0.15, 0.2) is 21.9 Å². The second-order valence-electron chi connectivity index (χ2n) is 5.26. The van der Waals surface area contributed by atoms with E-state index in [2.05, 4.69) is 11.1 Å². The third-order valence-corrected chi connectivity index (χ3v) is 5.67. The maximum Gasteiger partial charge on any atom is 0.242 e. The van der Waals surface area contributed by atoms with Gasteiger partial charge in [0.15, 0.2) is 0 Å². The molecule has 2 aromatic heterocycles. The normalized spacial score (nSPS) is 16.8. The summed E-state index contributed by atoms with van der Waals surface area (Å²) in [5, 5.41) is 22.3. The predicted molar refractivity (Wildman–Crippen MR) is 93.4 cm³/mol. The molecule has 0 spiro atoms. The van der Waals surface area contributed by atoms with E-state index in [0.717, 1.165) is 16.7 Å². The van der Waals surface area contributed by atoms with Gasteiger partial charge in [0, 0.05) is 19.0 Å². The van der Waals surface area contributed by atoms with Crippen molar-refractivity contribution in [3.8, 4) is 23.3 Å². The first-order valence-corrected chi connectivity index (χ1v) is 8.93. The van der Waals surface area contributed by atoms with Gasteiger partial charge in [-0.1, -0.05) is 11.8 Å². The number of imide groups is 1. The van der Waals surface area contributed by atoms with E-state index in [0.29, 0.717) is 11.1 Å². The number of anilines is 1. The number of nitrogen functional groups attached to an aromatic ring is 1. The molecule has 1 aliphatic heterocycles. The maximum atomic E-state index is 12.1. The Labute approximate surface area is 151 Å². The topological polar surface area (TPSA) is 124 Å². The second-order valence-corrected chi connectivity index (χ2v) is 7.24. The lowest BCUT2D eigenvalue weighted by atomic mass is 9.99. The third-order valence-electron chi connectivity index (χ3n) is 3.82. The highest BCUT2D eigenvalue weighted by molar-refractivity contribution is 8.00. The van der Waals surface area contributed by atoms with Crippen LogP contribution in [0.25, 0.3) is 11.1 Å². The molecule has 0 radical (unpaired) electrons. The zero-order valence-electron chi connectivity index (χ0n) is 13.0. The monoisotopic (exact) mass is 369 g/mol. The van der Waals surface area contributed by atoms with E-state index >= 15 is 0 Å². The molecule has 0 bridgehead atoms. The average molecular weight is 369 g/mol. The largest absolute Gasteiger partial charge is 0.383 e. The average Bonchev–Trinajstić information content (AvgIpc) is 3.20. The number of nitrogens with zero attached hydrogens (tertiary/aromatic N) is 4. The first kappa shape index (κ1) is 17.0. The summed E-state index contributed by atoms with van der Waals surface area (Å²) in [4.78, 5) is 29.0. The number of carbonyl (C=O) groups is 2. The molecule has 0 saturated carbocycles. The molecule has 1 aliphatic rings. The van der Waals surface area contributed by atoms with Crippen LogP contribution in [0, 0.1) is 22.7 Å². The number of hydrogen-bond acceptors (Lipinski definition) is 8. The molecule has 1 saturated heterocycles. The predicted octanol–water partition coefficient (Wildman–Crippen LogP) is 1.99. The van der Waals surface area contributed by atoms with Crippen LogP contribution >= 0.6 is 23.1 Å². The van der Waals surface area contributed by atoms with Gasteiger partial charge in [-0.15, -0.1) is 0 Å². The van der Waals surface area contributed by atoms with Gasteiger partial charge in [-0.05, 0) is 22.4 Å². The van der Waals surface area contributed by atoms with Gasteiger partial charge < -0.3 is 5.73 Å². The molecule has 0 aliphatic carbocycles. The van der Waals surface area contributed by atoms with Crippen molar-refractivity contribution in [1.29, 1.82) is 10.5 Å². The molecular formula is C16H11N5O2S2. The molecule has 2 amide bonds. The quantitative estimate of drug-likeness (QED) is 0.820. The molecule has 124 valence electrons. The fourth-order valence-electron chi connectivity index (χ4n) is 2.53. The number of thioether (sulfide) groups is 1. The summed E-state index contributed by atoms with van der Waals surface area (Å²) in [6, 6.07) is 5.85. The number of aromatic nitrogens is 1.